The summed E-state index contributed by atoms with van der Waals surface area (Å²) in [4.78, 5) is 15.6. The van der Waals surface area contributed by atoms with Crippen molar-refractivity contribution in [1.82, 2.24) is 19.5 Å². The summed E-state index contributed by atoms with van der Waals surface area (Å²) in [5.74, 6) is 0.533. The van der Waals surface area contributed by atoms with Gasteiger partial charge in [-0.15, -0.1) is 0 Å². The summed E-state index contributed by atoms with van der Waals surface area (Å²) >= 11 is 6.12. The smallest absolute Gasteiger partial charge is 0.226 e. The van der Waals surface area contributed by atoms with Crippen LogP contribution in [0.5, 0.6) is 0 Å². The molecule has 2 fully saturated rings. The second-order valence-electron chi connectivity index (χ2n) is 7.39. The first kappa shape index (κ1) is 19.2. The van der Waals surface area contributed by atoms with Gasteiger partial charge in [0.1, 0.15) is 11.7 Å². The Bertz CT molecular complexity index is 922. The summed E-state index contributed by atoms with van der Waals surface area (Å²) in [6.07, 6.45) is 2.77. The predicted molar refractivity (Wildman–Crippen MR) is 101 cm³/mol. The zero-order valence-corrected chi connectivity index (χ0v) is 16.0. The minimum absolute atomic E-state index is 0.0413. The van der Waals surface area contributed by atoms with Crippen LogP contribution in [0.2, 0.25) is 5.28 Å². The molecule has 11 nitrogen and oxygen atoms in total. The number of nitrogens with zero attached hydrogens (tertiary/aromatic N) is 7. The maximum atomic E-state index is 10.6. The number of hydrogen-bond acceptors (Lipinski definition) is 8. The second-order valence-corrected chi connectivity index (χ2v) is 7.73. The quantitative estimate of drug-likeness (QED) is 0.296. The van der Waals surface area contributed by atoms with Gasteiger partial charge in [0.15, 0.2) is 23.2 Å². The standard InChI is InChI=1S/C16H21ClN8O3/c1-16(27)9(6-20-24-18)28-14(11(16)26)25-7-19-10-12(21-8-4-2-3-5-8)22-15(17)23-13(10)25/h7-9,11,14,26-27H,2-6H2,1H3,(H,21,22,23)/t9-,11+,14-,16+/m1/s1. The highest BCUT2D eigenvalue weighted by Crippen LogP contribution is 2.39. The Morgan fingerprint density at radius 2 is 2.21 bits per heavy atom. The average molecular weight is 409 g/mol. The van der Waals surface area contributed by atoms with Crippen molar-refractivity contribution in [1.29, 1.82) is 0 Å². The highest BCUT2D eigenvalue weighted by Gasteiger charge is 2.52. The van der Waals surface area contributed by atoms with Crippen LogP contribution in [0.25, 0.3) is 21.6 Å². The number of hydrogen-bond donors (Lipinski definition) is 3. The number of fused-ring (bicyclic) bond motifs is 1. The second kappa shape index (κ2) is 7.34. The van der Waals surface area contributed by atoms with Gasteiger partial charge in [-0.25, -0.2) is 4.98 Å². The van der Waals surface area contributed by atoms with E-state index in [0.717, 1.165) is 25.7 Å². The minimum atomic E-state index is -1.61. The first-order valence-electron chi connectivity index (χ1n) is 9.15. The molecule has 1 aliphatic heterocycles. The topological polar surface area (TPSA) is 154 Å². The van der Waals surface area contributed by atoms with Crippen LogP contribution in [0.4, 0.5) is 5.82 Å². The van der Waals surface area contributed by atoms with Crippen molar-refractivity contribution < 1.29 is 14.9 Å². The van der Waals surface area contributed by atoms with Crippen molar-refractivity contribution in [2.24, 2.45) is 5.11 Å². The van der Waals surface area contributed by atoms with Crippen LogP contribution in [-0.4, -0.2) is 60.1 Å². The molecule has 0 amide bonds. The fourth-order valence-electron chi connectivity index (χ4n) is 3.86. The summed E-state index contributed by atoms with van der Waals surface area (Å²) in [6, 6.07) is 0.307. The van der Waals surface area contributed by atoms with Gasteiger partial charge in [0.2, 0.25) is 5.28 Å². The number of azide groups is 1. The van der Waals surface area contributed by atoms with E-state index in [2.05, 4.69) is 30.3 Å². The zero-order chi connectivity index (χ0) is 19.9. The van der Waals surface area contributed by atoms with Gasteiger partial charge in [-0.2, -0.15) is 9.97 Å². The number of aliphatic hydroxyl groups excluding tert-OH is 1. The van der Waals surface area contributed by atoms with Crippen molar-refractivity contribution in [3.8, 4) is 0 Å². The number of aliphatic hydroxyl groups is 2. The van der Waals surface area contributed by atoms with Crippen molar-refractivity contribution in [3.05, 3.63) is 22.1 Å². The van der Waals surface area contributed by atoms with Gasteiger partial charge in [-0.05, 0) is 36.9 Å². The van der Waals surface area contributed by atoms with E-state index in [1.54, 1.807) is 0 Å². The van der Waals surface area contributed by atoms with E-state index in [1.165, 1.54) is 17.8 Å². The van der Waals surface area contributed by atoms with E-state index in [-0.39, 0.29) is 11.8 Å². The monoisotopic (exact) mass is 408 g/mol. The molecule has 2 aromatic heterocycles. The predicted octanol–water partition coefficient (Wildman–Crippen LogP) is 2.15. The number of rotatable bonds is 5. The van der Waals surface area contributed by atoms with Crippen LogP contribution in [0.15, 0.2) is 11.4 Å². The third-order valence-corrected chi connectivity index (χ3v) is 5.67. The Morgan fingerprint density at radius 3 is 2.93 bits per heavy atom. The molecule has 2 aromatic rings. The lowest BCUT2D eigenvalue weighted by Crippen LogP contribution is -2.45. The fourth-order valence-corrected chi connectivity index (χ4v) is 4.02. The highest BCUT2D eigenvalue weighted by atomic mass is 35.5. The molecule has 4 atom stereocenters. The number of ether oxygens (including phenoxy) is 1. The van der Waals surface area contributed by atoms with Crippen LogP contribution in [0.3, 0.4) is 0 Å². The van der Waals surface area contributed by atoms with E-state index in [9.17, 15) is 10.2 Å². The van der Waals surface area contributed by atoms with E-state index in [4.69, 9.17) is 21.9 Å². The molecule has 3 N–H and O–H groups in total. The van der Waals surface area contributed by atoms with Crippen LogP contribution in [-0.2, 0) is 4.74 Å². The van der Waals surface area contributed by atoms with Gasteiger partial charge in [-0.1, -0.05) is 18.0 Å². The van der Waals surface area contributed by atoms with Crippen LogP contribution >= 0.6 is 11.6 Å². The molecule has 0 unspecified atom stereocenters. The molecule has 0 spiro atoms. The fraction of sp³-hybridized carbons (Fsp3) is 0.688. The minimum Gasteiger partial charge on any atom is -0.385 e. The highest BCUT2D eigenvalue weighted by molar-refractivity contribution is 6.28. The third-order valence-electron chi connectivity index (χ3n) is 5.50. The average Bonchev–Trinajstić information content (AvgIpc) is 3.35. The van der Waals surface area contributed by atoms with Gasteiger partial charge in [0, 0.05) is 11.0 Å². The summed E-state index contributed by atoms with van der Waals surface area (Å²) < 4.78 is 7.30. The Hall–Kier alpha value is -2.17. The zero-order valence-electron chi connectivity index (χ0n) is 15.2. The first-order chi connectivity index (χ1) is 13.4. The van der Waals surface area contributed by atoms with Crippen molar-refractivity contribution in [2.45, 2.75) is 62.7 Å². The van der Waals surface area contributed by atoms with Gasteiger partial charge in [0.05, 0.1) is 19.0 Å². The molecule has 12 heteroatoms. The molecule has 1 aliphatic carbocycles. The Labute approximate surface area is 165 Å². The molecule has 4 rings (SSSR count). The van der Waals surface area contributed by atoms with E-state index in [0.29, 0.717) is 23.0 Å². The molecule has 150 valence electrons. The molecule has 0 radical (unpaired) electrons. The molecule has 1 saturated heterocycles. The van der Waals surface area contributed by atoms with E-state index < -0.39 is 24.0 Å². The molecule has 0 aromatic carbocycles. The lowest BCUT2D eigenvalue weighted by molar-refractivity contribution is -0.0600. The normalized spacial score (nSPS) is 30.6. The van der Waals surface area contributed by atoms with Crippen LogP contribution in [0.1, 0.15) is 38.8 Å². The molecule has 28 heavy (non-hydrogen) atoms. The van der Waals surface area contributed by atoms with Gasteiger partial charge < -0.3 is 20.3 Å². The molecule has 3 heterocycles. The SMILES string of the molecule is C[C@]1(O)[C@@H](CN=[N+]=[N-])O[C@@H](n2cnc3c(NC4CCCC4)nc(Cl)nc32)[C@@H]1O. The van der Waals surface area contributed by atoms with Crippen molar-refractivity contribution in [3.63, 3.8) is 0 Å². The Kier molecular flexibility index (Phi) is 5.02. The lowest BCUT2D eigenvalue weighted by atomic mass is 9.94. The number of imidazole rings is 1. The number of anilines is 1. The van der Waals surface area contributed by atoms with E-state index in [1.807, 2.05) is 0 Å². The van der Waals surface area contributed by atoms with Gasteiger partial charge in [0.25, 0.3) is 0 Å². The maximum Gasteiger partial charge on any atom is 0.226 e. The summed E-state index contributed by atoms with van der Waals surface area (Å²) in [6.45, 7) is 1.32. The van der Waals surface area contributed by atoms with Crippen LogP contribution in [0, 0.1) is 0 Å². The summed E-state index contributed by atoms with van der Waals surface area (Å²) in [5, 5.41) is 28.1. The van der Waals surface area contributed by atoms with Crippen molar-refractivity contribution in [2.75, 3.05) is 11.9 Å². The summed E-state index contributed by atoms with van der Waals surface area (Å²) in [5.41, 5.74) is 7.81. The molecular formula is C16H21ClN8O3. The Balaban J connectivity index is 1.69. The Morgan fingerprint density at radius 1 is 1.46 bits per heavy atom. The third kappa shape index (κ3) is 3.25. The molecule has 1 saturated carbocycles. The number of nitrogens with one attached hydrogen (secondary N) is 1. The van der Waals surface area contributed by atoms with Gasteiger partial charge >= 0.3 is 0 Å². The number of aromatic nitrogens is 4. The largest absolute Gasteiger partial charge is 0.385 e. The molecular weight excluding hydrogens is 388 g/mol. The van der Waals surface area contributed by atoms with Gasteiger partial charge in [-0.3, -0.25) is 4.57 Å². The summed E-state index contributed by atoms with van der Waals surface area (Å²) in [7, 11) is 0. The molecule has 2 aliphatic rings. The van der Waals surface area contributed by atoms with Crippen LogP contribution < -0.4 is 5.32 Å². The molecule has 0 bridgehead atoms. The maximum absolute atomic E-state index is 10.6. The number of halogens is 1. The lowest BCUT2D eigenvalue weighted by Gasteiger charge is -2.25. The van der Waals surface area contributed by atoms with E-state index >= 15 is 0 Å². The van der Waals surface area contributed by atoms with Crippen molar-refractivity contribution >= 4 is 28.6 Å². The first-order valence-corrected chi connectivity index (χ1v) is 9.53.